The maximum Gasteiger partial charge on any atom is 0.226 e. The Morgan fingerprint density at radius 2 is 1.67 bits per heavy atom. The van der Waals surface area contributed by atoms with Crippen LogP contribution in [-0.2, 0) is 4.79 Å². The molecule has 3 nitrogen and oxygen atoms in total. The first kappa shape index (κ1) is 15.1. The van der Waals surface area contributed by atoms with Crippen molar-refractivity contribution in [2.75, 3.05) is 23.8 Å². The van der Waals surface area contributed by atoms with Crippen LogP contribution in [-0.4, -0.2) is 19.5 Å². The van der Waals surface area contributed by atoms with Crippen LogP contribution in [0.2, 0.25) is 0 Å². The zero-order chi connectivity index (χ0) is 15.2. The van der Waals surface area contributed by atoms with Crippen molar-refractivity contribution in [2.24, 2.45) is 0 Å². The van der Waals surface area contributed by atoms with Gasteiger partial charge in [0, 0.05) is 31.4 Å². The second kappa shape index (κ2) is 6.93. The number of nitrogens with one attached hydrogen (secondary N) is 1. The van der Waals surface area contributed by atoms with Gasteiger partial charge in [-0.3, -0.25) is 4.79 Å². The number of para-hydroxylation sites is 1. The lowest BCUT2D eigenvalue weighted by Gasteiger charge is -2.18. The SMILES string of the molecule is Cc1cc(C)cc(NC(=O)CCN(C)c2ccccc2)c1. The highest BCUT2D eigenvalue weighted by atomic mass is 16.1. The number of hydrogen-bond acceptors (Lipinski definition) is 2. The summed E-state index contributed by atoms with van der Waals surface area (Å²) < 4.78 is 0. The Morgan fingerprint density at radius 1 is 1.05 bits per heavy atom. The van der Waals surface area contributed by atoms with Gasteiger partial charge in [0.2, 0.25) is 5.91 Å². The van der Waals surface area contributed by atoms with E-state index in [2.05, 4.69) is 16.3 Å². The summed E-state index contributed by atoms with van der Waals surface area (Å²) in [6, 6.07) is 16.2. The minimum atomic E-state index is 0.0442. The highest BCUT2D eigenvalue weighted by Gasteiger charge is 2.06. The monoisotopic (exact) mass is 282 g/mol. The number of anilines is 2. The van der Waals surface area contributed by atoms with Gasteiger partial charge in [-0.2, -0.15) is 0 Å². The van der Waals surface area contributed by atoms with Crippen LogP contribution in [0.1, 0.15) is 17.5 Å². The third-order valence-corrected chi connectivity index (χ3v) is 3.38. The van der Waals surface area contributed by atoms with E-state index in [0.29, 0.717) is 13.0 Å². The molecule has 2 aromatic carbocycles. The summed E-state index contributed by atoms with van der Waals surface area (Å²) in [4.78, 5) is 14.1. The summed E-state index contributed by atoms with van der Waals surface area (Å²) in [6.07, 6.45) is 0.471. The summed E-state index contributed by atoms with van der Waals surface area (Å²) in [5, 5.41) is 2.96. The molecule has 0 radical (unpaired) electrons. The molecule has 0 bridgehead atoms. The molecular weight excluding hydrogens is 260 g/mol. The molecule has 0 unspecified atom stereocenters. The van der Waals surface area contributed by atoms with E-state index in [0.717, 1.165) is 22.5 Å². The molecule has 0 aliphatic carbocycles. The minimum Gasteiger partial charge on any atom is -0.374 e. The molecule has 1 amide bonds. The molecule has 110 valence electrons. The first-order valence-electron chi connectivity index (χ1n) is 7.19. The second-order valence-electron chi connectivity index (χ2n) is 5.43. The van der Waals surface area contributed by atoms with Crippen molar-refractivity contribution in [2.45, 2.75) is 20.3 Å². The molecule has 0 saturated carbocycles. The van der Waals surface area contributed by atoms with Crippen LogP contribution in [0.5, 0.6) is 0 Å². The lowest BCUT2D eigenvalue weighted by molar-refractivity contribution is -0.116. The van der Waals surface area contributed by atoms with Gasteiger partial charge in [0.15, 0.2) is 0 Å². The molecule has 2 aromatic rings. The predicted molar refractivity (Wildman–Crippen MR) is 88.9 cm³/mol. The number of hydrogen-bond donors (Lipinski definition) is 1. The van der Waals surface area contributed by atoms with Crippen LogP contribution >= 0.6 is 0 Å². The molecule has 1 N–H and O–H groups in total. The summed E-state index contributed by atoms with van der Waals surface area (Å²) in [6.45, 7) is 4.76. The van der Waals surface area contributed by atoms with Gasteiger partial charge < -0.3 is 10.2 Å². The zero-order valence-corrected chi connectivity index (χ0v) is 12.9. The topological polar surface area (TPSA) is 32.3 Å². The minimum absolute atomic E-state index is 0.0442. The Hall–Kier alpha value is -2.29. The molecular formula is C18H22N2O. The van der Waals surface area contributed by atoms with Gasteiger partial charge in [-0.25, -0.2) is 0 Å². The lowest BCUT2D eigenvalue weighted by atomic mass is 10.1. The van der Waals surface area contributed by atoms with Gasteiger partial charge in [0.1, 0.15) is 0 Å². The fraction of sp³-hybridized carbons (Fsp3) is 0.278. The van der Waals surface area contributed by atoms with Crippen molar-refractivity contribution in [1.82, 2.24) is 0 Å². The number of nitrogens with zero attached hydrogens (tertiary/aromatic N) is 1. The molecule has 0 aromatic heterocycles. The Labute approximate surface area is 126 Å². The molecule has 0 spiro atoms. The summed E-state index contributed by atoms with van der Waals surface area (Å²) in [7, 11) is 2.00. The van der Waals surface area contributed by atoms with E-state index >= 15 is 0 Å². The Kier molecular flexibility index (Phi) is 4.99. The van der Waals surface area contributed by atoms with Gasteiger partial charge in [-0.05, 0) is 49.2 Å². The molecule has 21 heavy (non-hydrogen) atoms. The smallest absolute Gasteiger partial charge is 0.226 e. The Balaban J connectivity index is 1.87. The third-order valence-electron chi connectivity index (χ3n) is 3.38. The molecule has 0 atom stereocenters. The molecule has 3 heteroatoms. The van der Waals surface area contributed by atoms with Crippen molar-refractivity contribution < 1.29 is 4.79 Å². The largest absolute Gasteiger partial charge is 0.374 e. The van der Waals surface area contributed by atoms with Gasteiger partial charge in [0.25, 0.3) is 0 Å². The van der Waals surface area contributed by atoms with E-state index in [1.54, 1.807) is 0 Å². The Morgan fingerprint density at radius 3 is 2.29 bits per heavy atom. The Bertz CT molecular complexity index is 588. The van der Waals surface area contributed by atoms with Crippen molar-refractivity contribution in [3.05, 3.63) is 59.7 Å². The fourth-order valence-corrected chi connectivity index (χ4v) is 2.35. The van der Waals surface area contributed by atoms with E-state index in [1.807, 2.05) is 63.4 Å². The average molecular weight is 282 g/mol. The van der Waals surface area contributed by atoms with Crippen LogP contribution in [0.15, 0.2) is 48.5 Å². The molecule has 0 saturated heterocycles. The number of rotatable bonds is 5. The molecule has 2 rings (SSSR count). The van der Waals surface area contributed by atoms with E-state index in [1.165, 1.54) is 0 Å². The van der Waals surface area contributed by atoms with Gasteiger partial charge in [-0.15, -0.1) is 0 Å². The number of amides is 1. The quantitative estimate of drug-likeness (QED) is 0.905. The van der Waals surface area contributed by atoms with Crippen LogP contribution in [0.3, 0.4) is 0 Å². The van der Waals surface area contributed by atoms with Gasteiger partial charge in [0.05, 0.1) is 0 Å². The highest BCUT2D eigenvalue weighted by molar-refractivity contribution is 5.91. The summed E-state index contributed by atoms with van der Waals surface area (Å²) in [5.74, 6) is 0.0442. The number of aryl methyl sites for hydroxylation is 2. The average Bonchev–Trinajstić information content (AvgIpc) is 2.44. The zero-order valence-electron chi connectivity index (χ0n) is 12.9. The first-order valence-corrected chi connectivity index (χ1v) is 7.19. The second-order valence-corrected chi connectivity index (χ2v) is 5.43. The van der Waals surface area contributed by atoms with Crippen molar-refractivity contribution in [3.8, 4) is 0 Å². The van der Waals surface area contributed by atoms with Gasteiger partial charge >= 0.3 is 0 Å². The third kappa shape index (κ3) is 4.63. The van der Waals surface area contributed by atoms with Crippen LogP contribution < -0.4 is 10.2 Å². The van der Waals surface area contributed by atoms with Gasteiger partial charge in [-0.1, -0.05) is 24.3 Å². The van der Waals surface area contributed by atoms with Crippen LogP contribution in [0, 0.1) is 13.8 Å². The van der Waals surface area contributed by atoms with E-state index in [4.69, 9.17) is 0 Å². The molecule has 0 aliphatic heterocycles. The fourth-order valence-electron chi connectivity index (χ4n) is 2.35. The maximum absolute atomic E-state index is 12.0. The molecule has 0 aliphatic rings. The van der Waals surface area contributed by atoms with Crippen molar-refractivity contribution in [3.63, 3.8) is 0 Å². The van der Waals surface area contributed by atoms with Crippen molar-refractivity contribution in [1.29, 1.82) is 0 Å². The molecule has 0 fully saturated rings. The van der Waals surface area contributed by atoms with Crippen LogP contribution in [0.25, 0.3) is 0 Å². The normalized spacial score (nSPS) is 10.2. The van der Waals surface area contributed by atoms with E-state index in [-0.39, 0.29) is 5.91 Å². The maximum atomic E-state index is 12.0. The van der Waals surface area contributed by atoms with Crippen molar-refractivity contribution >= 4 is 17.3 Å². The van der Waals surface area contributed by atoms with E-state index < -0.39 is 0 Å². The number of carbonyl (C=O) groups is 1. The van der Waals surface area contributed by atoms with E-state index in [9.17, 15) is 4.79 Å². The number of carbonyl (C=O) groups excluding carboxylic acids is 1. The standard InChI is InChI=1S/C18H22N2O/c1-14-11-15(2)13-16(12-14)19-18(21)9-10-20(3)17-7-5-4-6-8-17/h4-8,11-13H,9-10H2,1-3H3,(H,19,21). The predicted octanol–water partition coefficient (Wildman–Crippen LogP) is 3.77. The number of benzene rings is 2. The van der Waals surface area contributed by atoms with Crippen LogP contribution in [0.4, 0.5) is 11.4 Å². The highest BCUT2D eigenvalue weighted by Crippen LogP contribution is 2.15. The summed E-state index contributed by atoms with van der Waals surface area (Å²) >= 11 is 0. The lowest BCUT2D eigenvalue weighted by Crippen LogP contribution is -2.23. The summed E-state index contributed by atoms with van der Waals surface area (Å²) in [5.41, 5.74) is 4.31. The first-order chi connectivity index (χ1) is 10.0. The molecule has 0 heterocycles.